The average molecular weight is 565 g/mol. The molecule has 2 aromatic rings. The van der Waals surface area contributed by atoms with Gasteiger partial charge >= 0.3 is 0 Å². The molecule has 0 fully saturated rings. The summed E-state index contributed by atoms with van der Waals surface area (Å²) in [6.45, 7) is 4.01. The van der Waals surface area contributed by atoms with Gasteiger partial charge in [-0.15, -0.1) is 0 Å². The third-order valence-electron chi connectivity index (χ3n) is 3.42. The SMILES string of the molecule is COc1c(Br)cc(Br)cc1/C=C/C(=O)Nc1cc(C)c(I)cc1C. The average Bonchev–Trinajstić information content (AvgIpc) is 2.50. The predicted octanol–water partition coefficient (Wildman–Crippen LogP) is 6.09. The molecule has 24 heavy (non-hydrogen) atoms. The second-order valence-corrected chi connectivity index (χ2v) is 8.18. The Kier molecular flexibility index (Phi) is 6.88. The number of anilines is 1. The Labute approximate surface area is 172 Å². The standard InChI is InChI=1S/C18H16Br2INO2/c1-10-7-16(11(2)6-15(10)21)22-17(23)5-4-12-8-13(19)9-14(20)18(12)24-3/h4-9H,1-3H3,(H,22,23)/b5-4+. The second kappa shape index (κ2) is 8.49. The molecule has 0 bridgehead atoms. The van der Waals surface area contributed by atoms with E-state index in [1.807, 2.05) is 32.0 Å². The minimum Gasteiger partial charge on any atom is -0.495 e. The van der Waals surface area contributed by atoms with Gasteiger partial charge in [-0.05, 0) is 93.8 Å². The number of hydrogen-bond donors (Lipinski definition) is 1. The maximum absolute atomic E-state index is 12.2. The highest BCUT2D eigenvalue weighted by Gasteiger charge is 2.08. The van der Waals surface area contributed by atoms with Crippen molar-refractivity contribution in [3.05, 3.63) is 59.5 Å². The molecule has 1 amide bonds. The summed E-state index contributed by atoms with van der Waals surface area (Å²) >= 11 is 9.18. The second-order valence-electron chi connectivity index (χ2n) is 5.25. The van der Waals surface area contributed by atoms with Crippen LogP contribution in [0, 0.1) is 17.4 Å². The molecule has 0 aromatic heterocycles. The fourth-order valence-corrected chi connectivity index (χ4v) is 4.22. The van der Waals surface area contributed by atoms with Crippen LogP contribution in [0.2, 0.25) is 0 Å². The molecule has 0 saturated carbocycles. The van der Waals surface area contributed by atoms with Gasteiger partial charge < -0.3 is 10.1 Å². The molecule has 126 valence electrons. The lowest BCUT2D eigenvalue weighted by Crippen LogP contribution is -2.09. The van der Waals surface area contributed by atoms with Gasteiger partial charge in [0.15, 0.2) is 0 Å². The lowest BCUT2D eigenvalue weighted by molar-refractivity contribution is -0.111. The molecule has 0 aliphatic heterocycles. The summed E-state index contributed by atoms with van der Waals surface area (Å²) in [7, 11) is 1.60. The fraction of sp³-hybridized carbons (Fsp3) is 0.167. The predicted molar refractivity (Wildman–Crippen MR) is 115 cm³/mol. The molecule has 0 aliphatic rings. The third-order valence-corrected chi connectivity index (χ3v) is 5.63. The van der Waals surface area contributed by atoms with Crippen LogP contribution in [0.3, 0.4) is 0 Å². The van der Waals surface area contributed by atoms with E-state index in [4.69, 9.17) is 4.74 Å². The molecule has 6 heteroatoms. The molecule has 0 unspecified atom stereocenters. The van der Waals surface area contributed by atoms with Crippen molar-refractivity contribution in [2.45, 2.75) is 13.8 Å². The summed E-state index contributed by atoms with van der Waals surface area (Å²) in [4.78, 5) is 12.2. The van der Waals surface area contributed by atoms with E-state index < -0.39 is 0 Å². The number of halogens is 3. The summed E-state index contributed by atoms with van der Waals surface area (Å²) in [5.41, 5.74) is 3.81. The van der Waals surface area contributed by atoms with Crippen molar-refractivity contribution in [2.24, 2.45) is 0 Å². The number of nitrogens with one attached hydrogen (secondary N) is 1. The quantitative estimate of drug-likeness (QED) is 0.360. The summed E-state index contributed by atoms with van der Waals surface area (Å²) in [5.74, 6) is 0.500. The molecule has 1 N–H and O–H groups in total. The van der Waals surface area contributed by atoms with E-state index >= 15 is 0 Å². The van der Waals surface area contributed by atoms with Crippen molar-refractivity contribution in [3.8, 4) is 5.75 Å². The van der Waals surface area contributed by atoms with E-state index in [-0.39, 0.29) is 5.91 Å². The van der Waals surface area contributed by atoms with Crippen molar-refractivity contribution in [1.29, 1.82) is 0 Å². The topological polar surface area (TPSA) is 38.3 Å². The van der Waals surface area contributed by atoms with Gasteiger partial charge in [-0.3, -0.25) is 4.79 Å². The Bertz CT molecular complexity index is 819. The zero-order valence-corrected chi connectivity index (χ0v) is 18.7. The van der Waals surface area contributed by atoms with Gasteiger partial charge in [0.2, 0.25) is 5.91 Å². The molecular weight excluding hydrogens is 549 g/mol. The van der Waals surface area contributed by atoms with E-state index in [9.17, 15) is 4.79 Å². The van der Waals surface area contributed by atoms with Gasteiger partial charge in [-0.2, -0.15) is 0 Å². The molecule has 0 atom stereocenters. The number of benzene rings is 2. The molecular formula is C18H16Br2INO2. The van der Waals surface area contributed by atoms with Gasteiger partial charge in [0.25, 0.3) is 0 Å². The monoisotopic (exact) mass is 563 g/mol. The van der Waals surface area contributed by atoms with Crippen LogP contribution in [-0.2, 0) is 4.79 Å². The number of carbonyl (C=O) groups is 1. The van der Waals surface area contributed by atoms with Crippen LogP contribution >= 0.6 is 54.5 Å². The van der Waals surface area contributed by atoms with E-state index in [2.05, 4.69) is 65.8 Å². The van der Waals surface area contributed by atoms with Crippen LogP contribution < -0.4 is 10.1 Å². The van der Waals surface area contributed by atoms with E-state index in [0.29, 0.717) is 5.75 Å². The third kappa shape index (κ3) is 4.83. The summed E-state index contributed by atoms with van der Waals surface area (Å²) in [5, 5.41) is 2.92. The number of ether oxygens (including phenoxy) is 1. The Morgan fingerprint density at radius 1 is 1.17 bits per heavy atom. The highest BCUT2D eigenvalue weighted by Crippen LogP contribution is 2.33. The normalized spacial score (nSPS) is 10.9. The number of hydrogen-bond acceptors (Lipinski definition) is 2. The highest BCUT2D eigenvalue weighted by molar-refractivity contribution is 14.1. The van der Waals surface area contributed by atoms with E-state index in [1.54, 1.807) is 13.2 Å². The highest BCUT2D eigenvalue weighted by atomic mass is 127. The number of aryl methyl sites for hydroxylation is 2. The summed E-state index contributed by atoms with van der Waals surface area (Å²) in [6, 6.07) is 7.84. The molecule has 2 rings (SSSR count). The summed E-state index contributed by atoms with van der Waals surface area (Å²) in [6.07, 6.45) is 3.24. The van der Waals surface area contributed by atoms with Crippen LogP contribution in [0.15, 0.2) is 39.3 Å². The van der Waals surface area contributed by atoms with Gasteiger partial charge in [0.1, 0.15) is 5.75 Å². The first-order chi connectivity index (χ1) is 11.3. The van der Waals surface area contributed by atoms with Crippen molar-refractivity contribution < 1.29 is 9.53 Å². The first-order valence-electron chi connectivity index (χ1n) is 7.10. The zero-order valence-electron chi connectivity index (χ0n) is 13.4. The largest absolute Gasteiger partial charge is 0.495 e. The maximum atomic E-state index is 12.2. The van der Waals surface area contributed by atoms with Gasteiger partial charge in [0.05, 0.1) is 11.6 Å². The number of rotatable bonds is 4. The van der Waals surface area contributed by atoms with Crippen molar-refractivity contribution >= 4 is 72.1 Å². The molecule has 0 spiro atoms. The Morgan fingerprint density at radius 2 is 1.88 bits per heavy atom. The Balaban J connectivity index is 2.22. The van der Waals surface area contributed by atoms with Crippen LogP contribution in [-0.4, -0.2) is 13.0 Å². The molecule has 0 saturated heterocycles. The van der Waals surface area contributed by atoms with Crippen molar-refractivity contribution in [3.63, 3.8) is 0 Å². The van der Waals surface area contributed by atoms with Crippen LogP contribution in [0.1, 0.15) is 16.7 Å². The minimum atomic E-state index is -0.183. The van der Waals surface area contributed by atoms with Crippen LogP contribution in [0.5, 0.6) is 5.75 Å². The van der Waals surface area contributed by atoms with E-state index in [1.165, 1.54) is 9.65 Å². The van der Waals surface area contributed by atoms with E-state index in [0.717, 1.165) is 31.3 Å². The number of methoxy groups -OCH3 is 1. The Morgan fingerprint density at radius 3 is 2.54 bits per heavy atom. The van der Waals surface area contributed by atoms with Crippen LogP contribution in [0.4, 0.5) is 5.69 Å². The van der Waals surface area contributed by atoms with Gasteiger partial charge in [-0.1, -0.05) is 15.9 Å². The smallest absolute Gasteiger partial charge is 0.248 e. The fourth-order valence-electron chi connectivity index (χ4n) is 2.17. The minimum absolute atomic E-state index is 0.183. The lowest BCUT2D eigenvalue weighted by Gasteiger charge is -2.10. The molecule has 0 heterocycles. The maximum Gasteiger partial charge on any atom is 0.248 e. The first-order valence-corrected chi connectivity index (χ1v) is 9.77. The van der Waals surface area contributed by atoms with Crippen molar-refractivity contribution in [1.82, 2.24) is 0 Å². The first kappa shape index (κ1) is 19.5. The lowest BCUT2D eigenvalue weighted by atomic mass is 10.1. The number of carbonyl (C=O) groups excluding carboxylic acids is 1. The molecule has 0 aliphatic carbocycles. The summed E-state index contributed by atoms with van der Waals surface area (Å²) < 4.78 is 8.29. The molecule has 3 nitrogen and oxygen atoms in total. The zero-order chi connectivity index (χ0) is 17.9. The number of amides is 1. The van der Waals surface area contributed by atoms with Gasteiger partial charge in [-0.25, -0.2) is 0 Å². The van der Waals surface area contributed by atoms with Crippen LogP contribution in [0.25, 0.3) is 6.08 Å². The van der Waals surface area contributed by atoms with Crippen molar-refractivity contribution in [2.75, 3.05) is 12.4 Å². The molecule has 2 aromatic carbocycles. The van der Waals surface area contributed by atoms with Gasteiger partial charge in [0, 0.05) is 25.4 Å². The molecule has 0 radical (unpaired) electrons. The Hall–Kier alpha value is -0.860.